The summed E-state index contributed by atoms with van der Waals surface area (Å²) in [5, 5.41) is 16.6. The van der Waals surface area contributed by atoms with Gasteiger partial charge in [-0.25, -0.2) is 5.43 Å². The molecule has 25 heavy (non-hydrogen) atoms. The third-order valence-electron chi connectivity index (χ3n) is 2.97. The van der Waals surface area contributed by atoms with Crippen LogP contribution in [-0.2, 0) is 4.79 Å². The molecule has 0 fully saturated rings. The van der Waals surface area contributed by atoms with Crippen LogP contribution in [0.25, 0.3) is 0 Å². The molecule has 2 amide bonds. The summed E-state index contributed by atoms with van der Waals surface area (Å²) < 4.78 is 1.23. The molecule has 2 rings (SSSR count). The molecular formula is C16H12Br2ClN3O3. The Morgan fingerprint density at radius 3 is 2.56 bits per heavy atom. The summed E-state index contributed by atoms with van der Waals surface area (Å²) in [7, 11) is 0. The Balaban J connectivity index is 1.86. The minimum Gasteiger partial charge on any atom is -0.506 e. The predicted octanol–water partition coefficient (Wildman–Crippen LogP) is 3.45. The number of hydrogen-bond donors (Lipinski definition) is 3. The summed E-state index contributed by atoms with van der Waals surface area (Å²) in [6.07, 6.45) is 1.30. The van der Waals surface area contributed by atoms with Gasteiger partial charge in [0.1, 0.15) is 5.75 Å². The number of hydrazone groups is 1. The average molecular weight is 490 g/mol. The van der Waals surface area contributed by atoms with Crippen molar-refractivity contribution in [3.05, 3.63) is 61.5 Å². The summed E-state index contributed by atoms with van der Waals surface area (Å²) in [6, 6.07) is 9.60. The van der Waals surface area contributed by atoms with Crippen molar-refractivity contribution in [1.29, 1.82) is 0 Å². The first-order valence-electron chi connectivity index (χ1n) is 6.90. The molecule has 0 bridgehead atoms. The molecule has 0 aliphatic carbocycles. The number of carbonyl (C=O) groups excluding carboxylic acids is 2. The largest absolute Gasteiger partial charge is 0.506 e. The van der Waals surface area contributed by atoms with Crippen molar-refractivity contribution in [1.82, 2.24) is 10.7 Å². The van der Waals surface area contributed by atoms with Crippen molar-refractivity contribution in [3.8, 4) is 5.75 Å². The van der Waals surface area contributed by atoms with Gasteiger partial charge < -0.3 is 10.4 Å². The number of phenols is 1. The van der Waals surface area contributed by atoms with E-state index >= 15 is 0 Å². The van der Waals surface area contributed by atoms with Gasteiger partial charge in [-0.1, -0.05) is 27.5 Å². The monoisotopic (exact) mass is 487 g/mol. The second kappa shape index (κ2) is 8.98. The second-order valence-electron chi connectivity index (χ2n) is 4.81. The van der Waals surface area contributed by atoms with E-state index in [1.54, 1.807) is 36.4 Å². The van der Waals surface area contributed by atoms with Crippen molar-refractivity contribution < 1.29 is 14.7 Å². The summed E-state index contributed by atoms with van der Waals surface area (Å²) >= 11 is 12.2. The normalized spacial score (nSPS) is 10.7. The zero-order chi connectivity index (χ0) is 18.4. The Kier molecular flexibility index (Phi) is 6.98. The number of nitrogens with zero attached hydrogens (tertiary/aromatic N) is 1. The molecule has 3 N–H and O–H groups in total. The van der Waals surface area contributed by atoms with Crippen molar-refractivity contribution in [2.24, 2.45) is 5.10 Å². The Morgan fingerprint density at radius 1 is 1.20 bits per heavy atom. The summed E-state index contributed by atoms with van der Waals surface area (Å²) in [4.78, 5) is 23.6. The Labute approximate surface area is 165 Å². The fraction of sp³-hybridized carbons (Fsp3) is 0.0625. The maximum atomic E-state index is 11.9. The van der Waals surface area contributed by atoms with Gasteiger partial charge in [-0.05, 0) is 52.3 Å². The lowest BCUT2D eigenvalue weighted by Crippen LogP contribution is -2.34. The first kappa shape index (κ1) is 19.4. The predicted molar refractivity (Wildman–Crippen MR) is 103 cm³/mol. The van der Waals surface area contributed by atoms with Crippen LogP contribution in [0, 0.1) is 0 Å². The van der Waals surface area contributed by atoms with Crippen LogP contribution in [0.1, 0.15) is 15.9 Å². The molecule has 0 spiro atoms. The lowest BCUT2D eigenvalue weighted by Gasteiger charge is -2.05. The van der Waals surface area contributed by atoms with Crippen molar-refractivity contribution in [2.45, 2.75) is 0 Å². The number of halogens is 3. The molecule has 130 valence electrons. The molecule has 0 aromatic heterocycles. The Morgan fingerprint density at radius 2 is 1.88 bits per heavy atom. The molecule has 0 atom stereocenters. The van der Waals surface area contributed by atoms with E-state index < -0.39 is 11.8 Å². The fourth-order valence-electron chi connectivity index (χ4n) is 1.76. The third-order valence-corrected chi connectivity index (χ3v) is 4.28. The molecule has 2 aromatic carbocycles. The second-order valence-corrected chi connectivity index (χ2v) is 7.01. The quantitative estimate of drug-likeness (QED) is 0.444. The molecule has 6 nitrogen and oxygen atoms in total. The van der Waals surface area contributed by atoms with Crippen LogP contribution in [0.15, 0.2) is 50.4 Å². The Hall–Kier alpha value is -1.90. The van der Waals surface area contributed by atoms with Gasteiger partial charge in [0.2, 0.25) is 0 Å². The lowest BCUT2D eigenvalue weighted by molar-refractivity contribution is -0.120. The number of phenolic OH excluding ortho intramolecular Hbond substituents is 1. The maximum Gasteiger partial charge on any atom is 0.259 e. The lowest BCUT2D eigenvalue weighted by atomic mass is 10.2. The van der Waals surface area contributed by atoms with Crippen LogP contribution < -0.4 is 10.7 Å². The van der Waals surface area contributed by atoms with E-state index in [0.717, 1.165) is 4.47 Å². The first-order chi connectivity index (χ1) is 11.9. The zero-order valence-electron chi connectivity index (χ0n) is 12.6. The molecule has 0 aliphatic heterocycles. The van der Waals surface area contributed by atoms with Crippen LogP contribution in [-0.4, -0.2) is 29.7 Å². The van der Waals surface area contributed by atoms with Gasteiger partial charge in [0.05, 0.1) is 17.2 Å². The topological polar surface area (TPSA) is 90.8 Å². The standard InChI is InChI=1S/C16H12Br2ClN3O3/c17-11-5-10(15(24)13(18)6-11)7-21-22-14(23)8-20-16(25)9-1-3-12(19)4-2-9/h1-7,24H,8H2,(H,20,25)(H,22,23)/b21-7+. The van der Waals surface area contributed by atoms with Crippen molar-refractivity contribution in [2.75, 3.05) is 6.54 Å². The van der Waals surface area contributed by atoms with Crippen molar-refractivity contribution >= 4 is 61.5 Å². The minimum absolute atomic E-state index is 0.00256. The van der Waals surface area contributed by atoms with E-state index in [0.29, 0.717) is 20.6 Å². The van der Waals surface area contributed by atoms with Gasteiger partial charge in [0.15, 0.2) is 0 Å². The van der Waals surface area contributed by atoms with E-state index in [1.807, 2.05) is 0 Å². The molecular weight excluding hydrogens is 477 g/mol. The number of benzene rings is 2. The number of carbonyl (C=O) groups is 2. The van der Waals surface area contributed by atoms with E-state index in [4.69, 9.17) is 11.6 Å². The van der Waals surface area contributed by atoms with Gasteiger partial charge in [-0.2, -0.15) is 5.10 Å². The highest BCUT2D eigenvalue weighted by molar-refractivity contribution is 9.11. The number of nitrogens with one attached hydrogen (secondary N) is 2. The SMILES string of the molecule is O=C(CNC(=O)c1ccc(Cl)cc1)N/N=C/c1cc(Br)cc(Br)c1O. The molecule has 0 saturated heterocycles. The average Bonchev–Trinajstić information content (AvgIpc) is 2.57. The van der Waals surface area contributed by atoms with E-state index in [1.165, 1.54) is 6.21 Å². The molecule has 0 radical (unpaired) electrons. The number of amides is 2. The number of hydrogen-bond acceptors (Lipinski definition) is 4. The van der Waals surface area contributed by atoms with Gasteiger partial charge in [0, 0.05) is 20.6 Å². The summed E-state index contributed by atoms with van der Waals surface area (Å²) in [5.74, 6) is -0.909. The zero-order valence-corrected chi connectivity index (χ0v) is 16.5. The third kappa shape index (κ3) is 5.84. The molecule has 0 heterocycles. The van der Waals surface area contributed by atoms with Crippen LogP contribution in [0.4, 0.5) is 0 Å². The van der Waals surface area contributed by atoms with Crippen LogP contribution in [0.5, 0.6) is 5.75 Å². The van der Waals surface area contributed by atoms with Crippen LogP contribution in [0.2, 0.25) is 5.02 Å². The van der Waals surface area contributed by atoms with E-state index in [-0.39, 0.29) is 12.3 Å². The molecule has 0 unspecified atom stereocenters. The van der Waals surface area contributed by atoms with Crippen molar-refractivity contribution in [3.63, 3.8) is 0 Å². The Bertz CT molecular complexity index is 826. The molecule has 0 aliphatic rings. The van der Waals surface area contributed by atoms with Gasteiger partial charge in [-0.15, -0.1) is 0 Å². The summed E-state index contributed by atoms with van der Waals surface area (Å²) in [5.41, 5.74) is 3.07. The van der Waals surface area contributed by atoms with Gasteiger partial charge in [0.25, 0.3) is 11.8 Å². The van der Waals surface area contributed by atoms with Crippen LogP contribution >= 0.6 is 43.5 Å². The number of aromatic hydroxyl groups is 1. The highest BCUT2D eigenvalue weighted by Crippen LogP contribution is 2.30. The molecule has 0 saturated carbocycles. The molecule has 2 aromatic rings. The van der Waals surface area contributed by atoms with Crippen LogP contribution in [0.3, 0.4) is 0 Å². The minimum atomic E-state index is -0.507. The highest BCUT2D eigenvalue weighted by atomic mass is 79.9. The number of rotatable bonds is 5. The first-order valence-corrected chi connectivity index (χ1v) is 8.87. The smallest absolute Gasteiger partial charge is 0.259 e. The molecule has 9 heteroatoms. The van der Waals surface area contributed by atoms with E-state index in [2.05, 4.69) is 47.7 Å². The highest BCUT2D eigenvalue weighted by Gasteiger charge is 2.08. The fourth-order valence-corrected chi connectivity index (χ4v) is 3.15. The van der Waals surface area contributed by atoms with E-state index in [9.17, 15) is 14.7 Å². The summed E-state index contributed by atoms with van der Waals surface area (Å²) in [6.45, 7) is -0.243. The van der Waals surface area contributed by atoms with Gasteiger partial charge >= 0.3 is 0 Å². The van der Waals surface area contributed by atoms with Gasteiger partial charge in [-0.3, -0.25) is 9.59 Å². The maximum absolute atomic E-state index is 11.9.